The number of rotatable bonds is 12. The zero-order chi connectivity index (χ0) is 41.1. The molecule has 2 aliphatic rings. The number of imide groups is 1. The number of carbonyl (C=O) groups is 3. The predicted octanol–water partition coefficient (Wildman–Crippen LogP) is 6.46. The van der Waals surface area contributed by atoms with Gasteiger partial charge in [-0.3, -0.25) is 24.6 Å². The number of ether oxygens (including phenoxy) is 1. The van der Waals surface area contributed by atoms with E-state index in [0.717, 1.165) is 82.9 Å². The second-order valence-electron chi connectivity index (χ2n) is 16.4. The highest BCUT2D eigenvalue weighted by Gasteiger charge is 2.27. The zero-order valence-electron chi connectivity index (χ0n) is 33.8. The molecule has 8 rings (SSSR count). The summed E-state index contributed by atoms with van der Waals surface area (Å²) in [6, 6.07) is 24.3. The Morgan fingerprint density at radius 1 is 0.949 bits per heavy atom. The van der Waals surface area contributed by atoms with Crippen molar-refractivity contribution in [1.29, 1.82) is 0 Å². The van der Waals surface area contributed by atoms with Gasteiger partial charge in [-0.1, -0.05) is 62.3 Å². The molecular weight excluding hydrogens is 747 g/mol. The first kappa shape index (κ1) is 39.4. The minimum Gasteiger partial charge on any atom is -0.492 e. The lowest BCUT2D eigenvalue weighted by Gasteiger charge is -2.32. The van der Waals surface area contributed by atoms with Gasteiger partial charge in [-0.25, -0.2) is 9.50 Å². The third kappa shape index (κ3) is 9.18. The molecule has 59 heavy (non-hydrogen) atoms. The number of anilines is 1. The summed E-state index contributed by atoms with van der Waals surface area (Å²) in [5, 5.41) is 16.9. The van der Waals surface area contributed by atoms with Crippen LogP contribution in [0.3, 0.4) is 0 Å². The van der Waals surface area contributed by atoms with Crippen molar-refractivity contribution >= 4 is 28.9 Å². The highest BCUT2D eigenvalue weighted by atomic mass is 16.5. The third-order valence-corrected chi connectivity index (χ3v) is 11.1. The molecule has 3 amide bonds. The number of fused-ring (bicyclic) bond motifs is 1. The second-order valence-corrected chi connectivity index (χ2v) is 16.4. The summed E-state index contributed by atoms with van der Waals surface area (Å²) < 4.78 is 13.3. The van der Waals surface area contributed by atoms with Gasteiger partial charge in [0.15, 0.2) is 0 Å². The number of nitrogens with zero attached hydrogens (tertiary/aromatic N) is 6. The van der Waals surface area contributed by atoms with Gasteiger partial charge >= 0.3 is 0 Å². The Kier molecular flexibility index (Phi) is 11.2. The molecule has 304 valence electrons. The number of hydrogen-bond donors (Lipinski definition) is 3. The van der Waals surface area contributed by atoms with E-state index in [0.29, 0.717) is 37.8 Å². The molecule has 1 unspecified atom stereocenters. The molecule has 3 aromatic carbocycles. The van der Waals surface area contributed by atoms with Crippen molar-refractivity contribution in [1.82, 2.24) is 40.3 Å². The second kappa shape index (κ2) is 16.8. The fourth-order valence-corrected chi connectivity index (χ4v) is 7.64. The number of hydrogen-bond acceptors (Lipinski definition) is 11. The Hall–Kier alpha value is -6.41. The molecule has 0 spiro atoms. The van der Waals surface area contributed by atoms with Gasteiger partial charge < -0.3 is 19.9 Å². The SMILES string of the molecule is Cc1cc(-c2ncnn3cc(-c4ccc(OCCN5CCC(c6ccc(NC7CCC(=O)NC7=O)cc6)CC5)cc4)cc23)ccc1CNC(=O)c1noc(C(C)(C)C)n1. The summed E-state index contributed by atoms with van der Waals surface area (Å²) in [6.45, 7) is 11.7. The van der Waals surface area contributed by atoms with Crippen LogP contribution in [0.25, 0.3) is 27.9 Å². The minimum atomic E-state index is -0.386. The summed E-state index contributed by atoms with van der Waals surface area (Å²) in [5.74, 6) is 0.917. The van der Waals surface area contributed by atoms with Crippen molar-refractivity contribution in [2.45, 2.75) is 77.3 Å². The monoisotopic (exact) mass is 795 g/mol. The number of carbonyl (C=O) groups excluding carboxylic acids is 3. The van der Waals surface area contributed by atoms with Crippen LogP contribution in [0.4, 0.5) is 5.69 Å². The van der Waals surface area contributed by atoms with Crippen molar-refractivity contribution in [2.75, 3.05) is 31.6 Å². The van der Waals surface area contributed by atoms with Crippen LogP contribution >= 0.6 is 0 Å². The molecule has 0 radical (unpaired) electrons. The molecule has 3 aromatic heterocycles. The smallest absolute Gasteiger partial charge is 0.292 e. The number of amides is 3. The highest BCUT2D eigenvalue weighted by molar-refractivity contribution is 6.01. The Bertz CT molecular complexity index is 2460. The van der Waals surface area contributed by atoms with E-state index >= 15 is 0 Å². The largest absolute Gasteiger partial charge is 0.492 e. The molecule has 1 atom stereocenters. The van der Waals surface area contributed by atoms with Gasteiger partial charge in [0.05, 0.1) is 11.2 Å². The van der Waals surface area contributed by atoms with Crippen molar-refractivity contribution in [3.63, 3.8) is 0 Å². The molecule has 2 saturated heterocycles. The lowest BCUT2D eigenvalue weighted by molar-refractivity contribution is -0.133. The average Bonchev–Trinajstić information content (AvgIpc) is 3.92. The minimum absolute atomic E-state index is 0.0206. The highest BCUT2D eigenvalue weighted by Crippen LogP contribution is 2.31. The number of piperidine rings is 2. The number of benzene rings is 3. The Labute approximate surface area is 342 Å². The number of likely N-dealkylation sites (tertiary alicyclic amines) is 1. The molecule has 2 aliphatic heterocycles. The Morgan fingerprint density at radius 3 is 2.42 bits per heavy atom. The van der Waals surface area contributed by atoms with E-state index in [-0.39, 0.29) is 35.0 Å². The predicted molar refractivity (Wildman–Crippen MR) is 223 cm³/mol. The van der Waals surface area contributed by atoms with Gasteiger partial charge in [-0.15, -0.1) is 0 Å². The van der Waals surface area contributed by atoms with E-state index in [9.17, 15) is 14.4 Å². The summed E-state index contributed by atoms with van der Waals surface area (Å²) in [5.41, 5.74) is 8.57. The molecule has 14 heteroatoms. The standard InChI is InChI=1S/C45H49N9O5/c1-28-23-32(5-6-33(28)25-46-43(57)41-51-44(59-52-41)45(2,3)4)40-38-24-34(26-54(38)48-27-47-40)30-9-13-36(14-10-30)58-22-21-53-19-17-31(18-20-53)29-7-11-35(12-8-29)49-37-15-16-39(55)50-42(37)56/h5-14,23-24,26-27,31,37,49H,15-22,25H2,1-4H3,(H,46,57)(H,50,55,56). The quantitative estimate of drug-likeness (QED) is 0.116. The van der Waals surface area contributed by atoms with Crippen LogP contribution < -0.4 is 20.7 Å². The van der Waals surface area contributed by atoms with Crippen LogP contribution in [-0.2, 0) is 21.5 Å². The van der Waals surface area contributed by atoms with E-state index in [1.807, 2.05) is 74.8 Å². The molecule has 14 nitrogen and oxygen atoms in total. The first-order chi connectivity index (χ1) is 28.5. The maximum atomic E-state index is 12.7. The molecule has 5 heterocycles. The summed E-state index contributed by atoms with van der Waals surface area (Å²) in [6.07, 6.45) is 6.61. The van der Waals surface area contributed by atoms with E-state index in [2.05, 4.69) is 77.5 Å². The average molecular weight is 796 g/mol. The van der Waals surface area contributed by atoms with Crippen molar-refractivity contribution in [3.8, 4) is 28.1 Å². The molecule has 0 bridgehead atoms. The van der Waals surface area contributed by atoms with Gasteiger partial charge in [-0.05, 0) is 104 Å². The molecular formula is C45H49N9O5. The molecule has 0 saturated carbocycles. The molecule has 6 aromatic rings. The van der Waals surface area contributed by atoms with Crippen LogP contribution in [0.1, 0.15) is 85.6 Å². The zero-order valence-corrected chi connectivity index (χ0v) is 33.8. The summed E-state index contributed by atoms with van der Waals surface area (Å²) in [7, 11) is 0. The first-order valence-corrected chi connectivity index (χ1v) is 20.2. The number of aromatic nitrogens is 5. The Morgan fingerprint density at radius 2 is 1.71 bits per heavy atom. The van der Waals surface area contributed by atoms with Gasteiger partial charge in [0, 0.05) is 47.9 Å². The molecule has 3 N–H and O–H groups in total. The van der Waals surface area contributed by atoms with Crippen molar-refractivity contribution in [2.24, 2.45) is 0 Å². The van der Waals surface area contributed by atoms with Crippen LogP contribution in [0.15, 0.2) is 89.8 Å². The van der Waals surface area contributed by atoms with Gasteiger partial charge in [-0.2, -0.15) is 10.1 Å². The number of nitrogens with one attached hydrogen (secondary N) is 3. The third-order valence-electron chi connectivity index (χ3n) is 11.1. The van der Waals surface area contributed by atoms with Crippen LogP contribution in [0, 0.1) is 6.92 Å². The summed E-state index contributed by atoms with van der Waals surface area (Å²) in [4.78, 5) is 47.6. The molecule has 2 fully saturated rings. The Balaban J connectivity index is 0.813. The lowest BCUT2D eigenvalue weighted by atomic mass is 9.89. The maximum absolute atomic E-state index is 12.7. The summed E-state index contributed by atoms with van der Waals surface area (Å²) >= 11 is 0. The first-order valence-electron chi connectivity index (χ1n) is 20.2. The maximum Gasteiger partial charge on any atom is 0.292 e. The van der Waals surface area contributed by atoms with Crippen LogP contribution in [0.2, 0.25) is 0 Å². The van der Waals surface area contributed by atoms with Crippen LogP contribution in [0.5, 0.6) is 5.75 Å². The van der Waals surface area contributed by atoms with E-state index in [1.165, 1.54) is 5.56 Å². The van der Waals surface area contributed by atoms with E-state index in [1.54, 1.807) is 6.33 Å². The van der Waals surface area contributed by atoms with Crippen molar-refractivity contribution in [3.05, 3.63) is 114 Å². The van der Waals surface area contributed by atoms with Crippen LogP contribution in [-0.4, -0.2) is 79.6 Å². The van der Waals surface area contributed by atoms with Gasteiger partial charge in [0.25, 0.3) is 11.7 Å². The van der Waals surface area contributed by atoms with Crippen molar-refractivity contribution < 1.29 is 23.6 Å². The van der Waals surface area contributed by atoms with E-state index < -0.39 is 0 Å². The normalized spacial score (nSPS) is 16.6. The molecule has 0 aliphatic carbocycles. The topological polar surface area (TPSA) is 169 Å². The van der Waals surface area contributed by atoms with E-state index in [4.69, 9.17) is 9.26 Å². The fraction of sp³-hybridized carbons (Fsp3) is 0.356. The van der Waals surface area contributed by atoms with Gasteiger partial charge in [0.2, 0.25) is 17.7 Å². The van der Waals surface area contributed by atoms with Gasteiger partial charge in [0.1, 0.15) is 24.7 Å². The lowest BCUT2D eigenvalue weighted by Crippen LogP contribution is -2.47. The fourth-order valence-electron chi connectivity index (χ4n) is 7.64. The number of aryl methyl sites for hydroxylation is 1.